The fourth-order valence-electron chi connectivity index (χ4n) is 1.36. The van der Waals surface area contributed by atoms with Crippen LogP contribution in [0.15, 0.2) is 28.7 Å². The van der Waals surface area contributed by atoms with Crippen molar-refractivity contribution in [1.82, 2.24) is 5.32 Å². The molecule has 0 radical (unpaired) electrons. The topological polar surface area (TPSA) is 75.6 Å². The Bertz CT molecular complexity index is 499. The second-order valence-corrected chi connectivity index (χ2v) is 4.43. The Morgan fingerprint density at radius 3 is 2.84 bits per heavy atom. The van der Waals surface area contributed by atoms with Crippen molar-refractivity contribution in [3.05, 3.63) is 34.3 Å². The molecule has 0 unspecified atom stereocenters. The second-order valence-electron chi connectivity index (χ2n) is 3.57. The smallest absolute Gasteiger partial charge is 0.328 e. The van der Waals surface area contributed by atoms with Gasteiger partial charge in [0.1, 0.15) is 5.75 Å². The minimum absolute atomic E-state index is 0.121. The third-order valence-corrected chi connectivity index (χ3v) is 2.75. The number of hydrogen-bond acceptors (Lipinski definition) is 3. The van der Waals surface area contributed by atoms with E-state index in [9.17, 15) is 9.59 Å². The Kier molecular flexibility index (Phi) is 6.08. The van der Waals surface area contributed by atoms with Crippen molar-refractivity contribution in [3.8, 4) is 5.75 Å². The molecule has 6 heteroatoms. The minimum atomic E-state index is -1.05. The lowest BCUT2D eigenvalue weighted by Gasteiger charge is -2.10. The average molecular weight is 328 g/mol. The Hall–Kier alpha value is -1.82. The van der Waals surface area contributed by atoms with Crippen LogP contribution in [0.1, 0.15) is 12.5 Å². The van der Waals surface area contributed by atoms with Crippen molar-refractivity contribution in [2.24, 2.45) is 0 Å². The summed E-state index contributed by atoms with van der Waals surface area (Å²) in [5, 5.41) is 11.2. The summed E-state index contributed by atoms with van der Waals surface area (Å²) >= 11 is 3.31. The number of rotatable bonds is 6. The summed E-state index contributed by atoms with van der Waals surface area (Å²) in [4.78, 5) is 21.9. The van der Waals surface area contributed by atoms with Gasteiger partial charge >= 0.3 is 5.97 Å². The average Bonchev–Trinajstić information content (AvgIpc) is 2.35. The number of para-hydroxylation sites is 1. The molecule has 0 saturated heterocycles. The number of carboxylic acids is 1. The fraction of sp³-hybridized carbons (Fsp3) is 0.231. The molecule has 0 atom stereocenters. The van der Waals surface area contributed by atoms with Gasteiger partial charge in [0.05, 0.1) is 4.47 Å². The van der Waals surface area contributed by atoms with Gasteiger partial charge in [-0.2, -0.15) is 0 Å². The van der Waals surface area contributed by atoms with Gasteiger partial charge in [-0.1, -0.05) is 12.1 Å². The Morgan fingerprint density at radius 2 is 2.21 bits per heavy atom. The summed E-state index contributed by atoms with van der Waals surface area (Å²) < 4.78 is 6.07. The molecule has 0 fully saturated rings. The van der Waals surface area contributed by atoms with Crippen LogP contribution >= 0.6 is 15.9 Å². The van der Waals surface area contributed by atoms with Gasteiger partial charge in [-0.15, -0.1) is 0 Å². The summed E-state index contributed by atoms with van der Waals surface area (Å²) in [5.74, 6) is -0.840. The van der Waals surface area contributed by atoms with E-state index in [1.54, 1.807) is 18.2 Å². The largest absolute Gasteiger partial charge is 0.482 e. The number of benzene rings is 1. The lowest BCUT2D eigenvalue weighted by atomic mass is 10.2. The molecule has 102 valence electrons. The van der Waals surface area contributed by atoms with Crippen molar-refractivity contribution in [2.75, 3.05) is 13.2 Å². The van der Waals surface area contributed by atoms with Gasteiger partial charge in [0.2, 0.25) is 0 Å². The highest BCUT2D eigenvalue weighted by Gasteiger charge is 2.08. The van der Waals surface area contributed by atoms with Gasteiger partial charge in [-0.25, -0.2) is 4.79 Å². The van der Waals surface area contributed by atoms with Crippen LogP contribution in [-0.2, 0) is 9.59 Å². The highest BCUT2D eigenvalue weighted by molar-refractivity contribution is 9.10. The normalized spacial score (nSPS) is 10.4. The molecule has 2 N–H and O–H groups in total. The van der Waals surface area contributed by atoms with Crippen molar-refractivity contribution >= 4 is 33.9 Å². The third-order valence-electron chi connectivity index (χ3n) is 2.12. The van der Waals surface area contributed by atoms with E-state index in [2.05, 4.69) is 21.2 Å². The number of carbonyl (C=O) groups is 2. The molecule has 0 spiro atoms. The first-order chi connectivity index (χ1) is 9.04. The first kappa shape index (κ1) is 15.2. The zero-order valence-electron chi connectivity index (χ0n) is 10.4. The van der Waals surface area contributed by atoms with Crippen LogP contribution in [0, 0.1) is 0 Å². The zero-order chi connectivity index (χ0) is 14.3. The summed E-state index contributed by atoms with van der Waals surface area (Å²) in [7, 11) is 0. The van der Waals surface area contributed by atoms with Gasteiger partial charge in [-0.3, -0.25) is 4.79 Å². The van der Waals surface area contributed by atoms with Gasteiger partial charge in [0.25, 0.3) is 5.91 Å². The fourth-order valence-corrected chi connectivity index (χ4v) is 1.85. The summed E-state index contributed by atoms with van der Waals surface area (Å²) in [6, 6.07) is 5.22. The quantitative estimate of drug-likeness (QED) is 0.784. The zero-order valence-corrected chi connectivity index (χ0v) is 11.9. The predicted molar refractivity (Wildman–Crippen MR) is 75.0 cm³/mol. The number of carbonyl (C=O) groups excluding carboxylic acids is 1. The number of carboxylic acid groups (broad SMARTS) is 1. The molecule has 0 aliphatic rings. The Labute approximate surface area is 119 Å². The first-order valence-corrected chi connectivity index (χ1v) is 6.43. The molecular formula is C13H14BrNO4. The van der Waals surface area contributed by atoms with Crippen LogP contribution in [0.2, 0.25) is 0 Å². The van der Waals surface area contributed by atoms with Crippen LogP contribution < -0.4 is 10.1 Å². The minimum Gasteiger partial charge on any atom is -0.482 e. The Morgan fingerprint density at radius 1 is 1.47 bits per heavy atom. The van der Waals surface area contributed by atoms with Crippen LogP contribution in [0.5, 0.6) is 5.75 Å². The predicted octanol–water partition coefficient (Wildman–Crippen LogP) is 2.06. The number of hydrogen-bond donors (Lipinski definition) is 2. The SMILES string of the molecule is CCNC(=O)COc1c(Br)cccc1C=CC(=O)O. The molecule has 0 aliphatic heterocycles. The van der Waals surface area contributed by atoms with Gasteiger partial charge in [0.15, 0.2) is 6.61 Å². The van der Waals surface area contributed by atoms with E-state index in [1.165, 1.54) is 6.08 Å². The molecule has 1 aromatic rings. The lowest BCUT2D eigenvalue weighted by molar-refractivity contribution is -0.131. The third kappa shape index (κ3) is 5.13. The number of aliphatic carboxylic acids is 1. The molecule has 5 nitrogen and oxygen atoms in total. The van der Waals surface area contributed by atoms with E-state index >= 15 is 0 Å². The van der Waals surface area contributed by atoms with Crippen LogP contribution in [0.3, 0.4) is 0 Å². The molecule has 0 bridgehead atoms. The van der Waals surface area contributed by atoms with Gasteiger partial charge in [0, 0.05) is 18.2 Å². The van der Waals surface area contributed by atoms with E-state index in [1.807, 2.05) is 6.92 Å². The molecule has 1 rings (SSSR count). The van der Waals surface area contributed by atoms with Gasteiger partial charge < -0.3 is 15.2 Å². The molecule has 19 heavy (non-hydrogen) atoms. The van der Waals surface area contributed by atoms with E-state index in [0.717, 1.165) is 6.08 Å². The summed E-state index contributed by atoms with van der Waals surface area (Å²) in [5.41, 5.74) is 0.584. The van der Waals surface area contributed by atoms with E-state index in [0.29, 0.717) is 22.3 Å². The summed E-state index contributed by atoms with van der Waals surface area (Å²) in [6.07, 6.45) is 2.43. The number of halogens is 1. The lowest BCUT2D eigenvalue weighted by Crippen LogP contribution is -2.28. The first-order valence-electron chi connectivity index (χ1n) is 5.63. The number of nitrogens with one attached hydrogen (secondary N) is 1. The molecule has 0 aliphatic carbocycles. The van der Waals surface area contributed by atoms with Gasteiger partial charge in [-0.05, 0) is 35.0 Å². The monoisotopic (exact) mass is 327 g/mol. The number of ether oxygens (including phenoxy) is 1. The van der Waals surface area contributed by atoms with Crippen molar-refractivity contribution in [1.29, 1.82) is 0 Å². The molecule has 0 aromatic heterocycles. The van der Waals surface area contributed by atoms with Crippen LogP contribution in [-0.4, -0.2) is 30.1 Å². The maximum atomic E-state index is 11.3. The molecule has 0 saturated carbocycles. The molecule has 0 heterocycles. The Balaban J connectivity index is 2.86. The number of likely N-dealkylation sites (N-methyl/N-ethyl adjacent to an activating group) is 1. The van der Waals surface area contributed by atoms with E-state index in [-0.39, 0.29) is 12.5 Å². The van der Waals surface area contributed by atoms with E-state index < -0.39 is 5.97 Å². The highest BCUT2D eigenvalue weighted by atomic mass is 79.9. The molecule has 1 aromatic carbocycles. The highest BCUT2D eigenvalue weighted by Crippen LogP contribution is 2.29. The van der Waals surface area contributed by atoms with Crippen LogP contribution in [0.4, 0.5) is 0 Å². The molecule has 1 amide bonds. The van der Waals surface area contributed by atoms with Crippen molar-refractivity contribution in [3.63, 3.8) is 0 Å². The molecular weight excluding hydrogens is 314 g/mol. The second kappa shape index (κ2) is 7.58. The number of amides is 1. The summed E-state index contributed by atoms with van der Waals surface area (Å²) in [6.45, 7) is 2.23. The van der Waals surface area contributed by atoms with Crippen LogP contribution in [0.25, 0.3) is 6.08 Å². The standard InChI is InChI=1S/C13H14BrNO4/c1-2-15-11(16)8-19-13-9(6-7-12(17)18)4-3-5-10(13)14/h3-7H,2,8H2,1H3,(H,15,16)(H,17,18). The van der Waals surface area contributed by atoms with E-state index in [4.69, 9.17) is 9.84 Å². The van der Waals surface area contributed by atoms with Crippen molar-refractivity contribution < 1.29 is 19.4 Å². The van der Waals surface area contributed by atoms with Crippen molar-refractivity contribution in [2.45, 2.75) is 6.92 Å². The maximum absolute atomic E-state index is 11.3. The maximum Gasteiger partial charge on any atom is 0.328 e.